The summed E-state index contributed by atoms with van der Waals surface area (Å²) in [5, 5.41) is 12.4. The number of phenolic OH excluding ortho intramolecular Hbond substituents is 1. The molecule has 4 rings (SSSR count). The number of benzene rings is 1. The van der Waals surface area contributed by atoms with Gasteiger partial charge in [-0.05, 0) is 30.5 Å². The lowest BCUT2D eigenvalue weighted by Gasteiger charge is -2.38. The van der Waals surface area contributed by atoms with Crippen molar-refractivity contribution in [3.63, 3.8) is 0 Å². The number of carbonyl (C=O) groups is 3. The summed E-state index contributed by atoms with van der Waals surface area (Å²) < 4.78 is 10.8. The number of hydrogen-bond acceptors (Lipinski definition) is 6. The summed E-state index contributed by atoms with van der Waals surface area (Å²) in [5.74, 6) is -0.235. The van der Waals surface area contributed by atoms with Gasteiger partial charge in [-0.1, -0.05) is 12.1 Å². The highest BCUT2D eigenvalue weighted by molar-refractivity contribution is 5.94. The van der Waals surface area contributed by atoms with Crippen LogP contribution >= 0.6 is 0 Å². The zero-order valence-electron chi connectivity index (χ0n) is 16.8. The van der Waals surface area contributed by atoms with Crippen molar-refractivity contribution in [2.24, 2.45) is 0 Å². The van der Waals surface area contributed by atoms with Crippen LogP contribution < -0.4 is 5.32 Å². The molecule has 0 spiro atoms. The lowest BCUT2D eigenvalue weighted by Crippen LogP contribution is -2.60. The number of amides is 3. The molecule has 9 heteroatoms. The molecule has 0 aromatic heterocycles. The number of carbonyl (C=O) groups excluding carboxylic acids is 3. The van der Waals surface area contributed by atoms with Gasteiger partial charge in [0.25, 0.3) is 0 Å². The number of Topliss-reactive ketones (excluding diaryl/α,β-unsaturated/α-hetero) is 1. The number of morpholine rings is 1. The number of hydrogen-bond donors (Lipinski definition) is 2. The number of piperidine rings is 1. The Hall–Kier alpha value is -2.65. The van der Waals surface area contributed by atoms with E-state index < -0.39 is 12.1 Å². The van der Waals surface area contributed by atoms with Gasteiger partial charge in [0.2, 0.25) is 5.91 Å². The minimum Gasteiger partial charge on any atom is -0.508 e. The number of urea groups is 1. The van der Waals surface area contributed by atoms with Crippen LogP contribution in [0.3, 0.4) is 0 Å². The van der Waals surface area contributed by atoms with Crippen molar-refractivity contribution in [1.82, 2.24) is 15.1 Å². The molecular weight excluding hydrogens is 390 g/mol. The second kappa shape index (κ2) is 9.01. The third-order valence-corrected chi connectivity index (χ3v) is 5.90. The predicted octanol–water partition coefficient (Wildman–Crippen LogP) is 0.304. The largest absolute Gasteiger partial charge is 0.508 e. The fourth-order valence-electron chi connectivity index (χ4n) is 4.31. The molecule has 2 N–H and O–H groups in total. The van der Waals surface area contributed by atoms with E-state index in [0.717, 1.165) is 18.4 Å². The van der Waals surface area contributed by atoms with E-state index in [4.69, 9.17) is 9.47 Å². The van der Waals surface area contributed by atoms with Gasteiger partial charge in [0.05, 0.1) is 19.3 Å². The second-order valence-electron chi connectivity index (χ2n) is 7.91. The summed E-state index contributed by atoms with van der Waals surface area (Å²) >= 11 is 0. The van der Waals surface area contributed by atoms with E-state index in [2.05, 4.69) is 5.32 Å². The van der Waals surface area contributed by atoms with E-state index in [0.29, 0.717) is 32.8 Å². The van der Waals surface area contributed by atoms with E-state index in [-0.39, 0.29) is 42.6 Å². The maximum atomic E-state index is 13.5. The Labute approximate surface area is 174 Å². The van der Waals surface area contributed by atoms with Crippen molar-refractivity contribution in [1.29, 1.82) is 0 Å². The average molecular weight is 417 g/mol. The van der Waals surface area contributed by atoms with Crippen LogP contribution in [0.4, 0.5) is 4.79 Å². The number of rotatable bonds is 4. The van der Waals surface area contributed by atoms with Crippen molar-refractivity contribution in [3.8, 4) is 5.75 Å². The first kappa shape index (κ1) is 20.6. The van der Waals surface area contributed by atoms with Gasteiger partial charge >= 0.3 is 6.03 Å². The van der Waals surface area contributed by atoms with Gasteiger partial charge in [0.15, 0.2) is 5.78 Å². The SMILES string of the molecule is O=C1CO[C@H]2CCCN(C(=O)[C@H](Cc3ccc(O)cc3)NC(=O)N3CCOCC3)[C@@H]12. The molecule has 3 saturated heterocycles. The summed E-state index contributed by atoms with van der Waals surface area (Å²) in [4.78, 5) is 41.8. The average Bonchev–Trinajstić information content (AvgIpc) is 3.16. The highest BCUT2D eigenvalue weighted by atomic mass is 16.5. The third kappa shape index (κ3) is 4.41. The third-order valence-electron chi connectivity index (χ3n) is 5.90. The molecule has 0 unspecified atom stereocenters. The van der Waals surface area contributed by atoms with Crippen LogP contribution in [-0.2, 0) is 25.5 Å². The molecule has 3 atom stereocenters. The van der Waals surface area contributed by atoms with Crippen molar-refractivity contribution in [3.05, 3.63) is 29.8 Å². The summed E-state index contributed by atoms with van der Waals surface area (Å²) in [6, 6.07) is 4.82. The maximum absolute atomic E-state index is 13.5. The molecule has 1 aromatic rings. The van der Waals surface area contributed by atoms with Gasteiger partial charge in [0.1, 0.15) is 24.4 Å². The minimum absolute atomic E-state index is 0.0296. The molecule has 0 radical (unpaired) electrons. The van der Waals surface area contributed by atoms with Crippen LogP contribution in [0.25, 0.3) is 0 Å². The van der Waals surface area contributed by atoms with Crippen molar-refractivity contribution in [2.75, 3.05) is 39.5 Å². The number of nitrogens with one attached hydrogen (secondary N) is 1. The molecule has 30 heavy (non-hydrogen) atoms. The molecule has 0 aliphatic carbocycles. The number of ketones is 1. The number of nitrogens with zero attached hydrogens (tertiary/aromatic N) is 2. The highest BCUT2D eigenvalue weighted by Gasteiger charge is 2.45. The fourth-order valence-corrected chi connectivity index (χ4v) is 4.31. The lowest BCUT2D eigenvalue weighted by molar-refractivity contribution is -0.142. The topological polar surface area (TPSA) is 108 Å². The number of aromatic hydroxyl groups is 1. The standard InChI is InChI=1S/C21H27N3O6/c25-15-5-3-14(4-6-15)12-16(22-21(28)23-8-10-29-11-9-23)20(27)24-7-1-2-18-19(24)17(26)13-30-18/h3-6,16,18-19,25H,1-2,7-13H2,(H,22,28)/t16-,18-,19-/m0/s1. The Morgan fingerprint density at radius 1 is 1.17 bits per heavy atom. The van der Waals surface area contributed by atoms with Crippen molar-refractivity contribution < 1.29 is 29.0 Å². The highest BCUT2D eigenvalue weighted by Crippen LogP contribution is 2.27. The van der Waals surface area contributed by atoms with Gasteiger partial charge in [-0.3, -0.25) is 9.59 Å². The van der Waals surface area contributed by atoms with E-state index in [1.807, 2.05) is 0 Å². The van der Waals surface area contributed by atoms with Gasteiger partial charge in [-0.25, -0.2) is 4.79 Å². The normalized spacial score (nSPS) is 25.0. The van der Waals surface area contributed by atoms with Crippen LogP contribution in [0.2, 0.25) is 0 Å². The van der Waals surface area contributed by atoms with Crippen molar-refractivity contribution >= 4 is 17.7 Å². The number of likely N-dealkylation sites (tertiary alicyclic amines) is 1. The first-order valence-electron chi connectivity index (χ1n) is 10.4. The molecule has 0 saturated carbocycles. The van der Waals surface area contributed by atoms with Crippen LogP contribution in [0.15, 0.2) is 24.3 Å². The summed E-state index contributed by atoms with van der Waals surface area (Å²) in [5.41, 5.74) is 0.802. The Balaban J connectivity index is 1.53. The summed E-state index contributed by atoms with van der Waals surface area (Å²) in [7, 11) is 0. The molecule has 3 aliphatic heterocycles. The minimum atomic E-state index is -0.822. The Morgan fingerprint density at radius 3 is 2.63 bits per heavy atom. The second-order valence-corrected chi connectivity index (χ2v) is 7.91. The quantitative estimate of drug-likeness (QED) is 0.730. The molecule has 9 nitrogen and oxygen atoms in total. The van der Waals surface area contributed by atoms with E-state index in [1.165, 1.54) is 0 Å². The summed E-state index contributed by atoms with van der Waals surface area (Å²) in [6.07, 6.45) is 1.50. The smallest absolute Gasteiger partial charge is 0.318 e. The molecule has 3 aliphatic rings. The Bertz CT molecular complexity index is 792. The molecule has 3 heterocycles. The van der Waals surface area contributed by atoms with Gasteiger partial charge < -0.3 is 29.7 Å². The zero-order valence-corrected chi connectivity index (χ0v) is 16.8. The first-order valence-corrected chi connectivity index (χ1v) is 10.4. The number of phenols is 1. The monoisotopic (exact) mass is 417 g/mol. The van der Waals surface area contributed by atoms with Gasteiger partial charge in [0, 0.05) is 26.1 Å². The molecule has 0 bridgehead atoms. The van der Waals surface area contributed by atoms with E-state index in [1.54, 1.807) is 34.1 Å². The Morgan fingerprint density at radius 2 is 1.90 bits per heavy atom. The Kier molecular flexibility index (Phi) is 6.19. The lowest BCUT2D eigenvalue weighted by atomic mass is 9.95. The van der Waals surface area contributed by atoms with Gasteiger partial charge in [-0.2, -0.15) is 0 Å². The fraction of sp³-hybridized carbons (Fsp3) is 0.571. The van der Waals surface area contributed by atoms with Gasteiger partial charge in [-0.15, -0.1) is 0 Å². The van der Waals surface area contributed by atoms with Crippen LogP contribution in [0.1, 0.15) is 18.4 Å². The number of fused-ring (bicyclic) bond motifs is 1. The summed E-state index contributed by atoms with van der Waals surface area (Å²) in [6.45, 7) is 2.35. The molecule has 162 valence electrons. The van der Waals surface area contributed by atoms with E-state index in [9.17, 15) is 19.5 Å². The molecule has 1 aromatic carbocycles. The molecule has 3 amide bonds. The predicted molar refractivity (Wildman–Crippen MR) is 106 cm³/mol. The van der Waals surface area contributed by atoms with E-state index >= 15 is 0 Å². The molecule has 3 fully saturated rings. The van der Waals surface area contributed by atoms with Crippen LogP contribution in [0.5, 0.6) is 5.75 Å². The molecular formula is C21H27N3O6. The maximum Gasteiger partial charge on any atom is 0.318 e. The first-order chi connectivity index (χ1) is 14.5. The van der Waals surface area contributed by atoms with Crippen molar-refractivity contribution in [2.45, 2.75) is 37.5 Å². The van der Waals surface area contributed by atoms with Crippen LogP contribution in [-0.4, -0.2) is 90.3 Å². The zero-order chi connectivity index (χ0) is 21.1. The van der Waals surface area contributed by atoms with Crippen LogP contribution in [0, 0.1) is 0 Å². The number of ether oxygens (including phenoxy) is 2.